The van der Waals surface area contributed by atoms with E-state index in [0.29, 0.717) is 28.7 Å². The molecule has 26 heavy (non-hydrogen) atoms. The lowest BCUT2D eigenvalue weighted by Crippen LogP contribution is -2.33. The molecule has 2 unspecified atom stereocenters. The van der Waals surface area contributed by atoms with E-state index in [4.69, 9.17) is 13.9 Å². The third-order valence-electron chi connectivity index (χ3n) is 4.60. The standard InChI is InChI=1S/C21H18O5/c1-2-24-21(23)19-15(12-13-8-4-3-5-9-13)17-18(26-19)14-10-6-7-11-16(14)25-20(17)22/h3-11,15,19H,2,12H2,1H3. The largest absolute Gasteiger partial charge is 0.477 e. The van der Waals surface area contributed by atoms with Gasteiger partial charge in [-0.2, -0.15) is 0 Å². The molecule has 2 aromatic carbocycles. The van der Waals surface area contributed by atoms with E-state index < -0.39 is 23.6 Å². The Balaban J connectivity index is 1.85. The van der Waals surface area contributed by atoms with Gasteiger partial charge in [-0.15, -0.1) is 0 Å². The summed E-state index contributed by atoms with van der Waals surface area (Å²) in [6, 6.07) is 16.9. The summed E-state index contributed by atoms with van der Waals surface area (Å²) in [6.45, 7) is 2.00. The Kier molecular flexibility index (Phi) is 4.21. The van der Waals surface area contributed by atoms with Crippen LogP contribution in [0.3, 0.4) is 0 Å². The predicted octanol–water partition coefficient (Wildman–Crippen LogP) is 3.44. The van der Waals surface area contributed by atoms with Crippen LogP contribution in [-0.4, -0.2) is 18.7 Å². The van der Waals surface area contributed by atoms with Crippen molar-refractivity contribution in [1.82, 2.24) is 0 Å². The number of carbonyl (C=O) groups excluding carboxylic acids is 1. The molecule has 0 fully saturated rings. The number of fused-ring (bicyclic) bond motifs is 3. The van der Waals surface area contributed by atoms with Gasteiger partial charge in [0, 0.05) is 5.92 Å². The van der Waals surface area contributed by atoms with Gasteiger partial charge in [0.15, 0.2) is 0 Å². The minimum atomic E-state index is -0.862. The van der Waals surface area contributed by atoms with Crippen molar-refractivity contribution in [2.24, 2.45) is 0 Å². The molecule has 0 radical (unpaired) electrons. The van der Waals surface area contributed by atoms with E-state index in [2.05, 4.69) is 0 Å². The van der Waals surface area contributed by atoms with Crippen molar-refractivity contribution in [2.75, 3.05) is 6.61 Å². The van der Waals surface area contributed by atoms with E-state index >= 15 is 0 Å². The Morgan fingerprint density at radius 3 is 2.58 bits per heavy atom. The molecule has 2 heterocycles. The molecule has 0 saturated carbocycles. The summed E-state index contributed by atoms with van der Waals surface area (Å²) >= 11 is 0. The molecular formula is C21H18O5. The number of para-hydroxylation sites is 1. The highest BCUT2D eigenvalue weighted by Gasteiger charge is 2.44. The van der Waals surface area contributed by atoms with Crippen LogP contribution < -0.4 is 10.4 Å². The van der Waals surface area contributed by atoms with Crippen LogP contribution >= 0.6 is 0 Å². The van der Waals surface area contributed by atoms with Crippen molar-refractivity contribution in [3.8, 4) is 5.75 Å². The second kappa shape index (κ2) is 6.67. The number of benzene rings is 2. The lowest BCUT2D eigenvalue weighted by atomic mass is 9.89. The third-order valence-corrected chi connectivity index (χ3v) is 4.60. The lowest BCUT2D eigenvalue weighted by Gasteiger charge is -2.17. The van der Waals surface area contributed by atoms with Crippen molar-refractivity contribution in [3.05, 3.63) is 76.1 Å². The first-order valence-electron chi connectivity index (χ1n) is 8.62. The van der Waals surface area contributed by atoms with Gasteiger partial charge in [0.25, 0.3) is 0 Å². The van der Waals surface area contributed by atoms with Crippen LogP contribution in [0.5, 0.6) is 5.75 Å². The summed E-state index contributed by atoms with van der Waals surface area (Å²) in [5, 5.41) is 0.687. The van der Waals surface area contributed by atoms with Gasteiger partial charge in [0.2, 0.25) is 6.10 Å². The Bertz CT molecular complexity index is 1010. The molecule has 4 rings (SSSR count). The molecule has 0 N–H and O–H groups in total. The Labute approximate surface area is 150 Å². The van der Waals surface area contributed by atoms with Gasteiger partial charge in [0.05, 0.1) is 17.6 Å². The Hall–Kier alpha value is -3.08. The van der Waals surface area contributed by atoms with Gasteiger partial charge in [-0.25, -0.2) is 9.59 Å². The van der Waals surface area contributed by atoms with Crippen molar-refractivity contribution in [3.63, 3.8) is 0 Å². The monoisotopic (exact) mass is 350 g/mol. The first-order chi connectivity index (χ1) is 12.7. The van der Waals surface area contributed by atoms with E-state index in [1.54, 1.807) is 19.1 Å². The summed E-state index contributed by atoms with van der Waals surface area (Å²) in [4.78, 5) is 25.1. The zero-order chi connectivity index (χ0) is 18.1. The fourth-order valence-corrected chi connectivity index (χ4v) is 3.46. The number of hydrogen-bond donors (Lipinski definition) is 0. The summed E-state index contributed by atoms with van der Waals surface area (Å²) < 4.78 is 16.6. The second-order valence-corrected chi connectivity index (χ2v) is 6.22. The van der Waals surface area contributed by atoms with Crippen molar-refractivity contribution >= 4 is 16.9 Å². The van der Waals surface area contributed by atoms with E-state index in [1.807, 2.05) is 42.5 Å². The number of carbonyl (C=O) groups is 1. The molecule has 2 atom stereocenters. The van der Waals surface area contributed by atoms with Crippen LogP contribution in [0.2, 0.25) is 0 Å². The van der Waals surface area contributed by atoms with Crippen LogP contribution in [0.1, 0.15) is 24.0 Å². The molecule has 1 aliphatic heterocycles. The highest BCUT2D eigenvalue weighted by Crippen LogP contribution is 2.42. The summed E-state index contributed by atoms with van der Waals surface area (Å²) in [6.07, 6.45) is -0.376. The SMILES string of the molecule is CCOC(=O)C1Oc2c(c(=O)oc3ccccc23)C1Cc1ccccc1. The minimum Gasteiger partial charge on any atom is -0.477 e. The smallest absolute Gasteiger partial charge is 0.347 e. The normalized spacial score (nSPS) is 18.3. The first-order valence-corrected chi connectivity index (χ1v) is 8.62. The maximum atomic E-state index is 12.7. The number of rotatable bonds is 4. The van der Waals surface area contributed by atoms with Crippen LogP contribution in [0.4, 0.5) is 0 Å². The Morgan fingerprint density at radius 1 is 1.08 bits per heavy atom. The van der Waals surface area contributed by atoms with Crippen LogP contribution in [0.25, 0.3) is 11.0 Å². The second-order valence-electron chi connectivity index (χ2n) is 6.22. The molecule has 1 aliphatic rings. The van der Waals surface area contributed by atoms with Crippen molar-refractivity contribution in [2.45, 2.75) is 25.4 Å². The highest BCUT2D eigenvalue weighted by atomic mass is 16.6. The molecule has 5 nitrogen and oxygen atoms in total. The van der Waals surface area contributed by atoms with E-state index in [9.17, 15) is 9.59 Å². The lowest BCUT2D eigenvalue weighted by molar-refractivity contribution is -0.151. The molecule has 0 aliphatic carbocycles. The minimum absolute atomic E-state index is 0.252. The van der Waals surface area contributed by atoms with E-state index in [0.717, 1.165) is 5.56 Å². The van der Waals surface area contributed by atoms with Gasteiger partial charge < -0.3 is 13.9 Å². The molecule has 0 spiro atoms. The average Bonchev–Trinajstić information content (AvgIpc) is 3.03. The van der Waals surface area contributed by atoms with Crippen LogP contribution in [0.15, 0.2) is 63.8 Å². The quantitative estimate of drug-likeness (QED) is 0.533. The first kappa shape index (κ1) is 16.4. The molecule has 0 bridgehead atoms. The fraction of sp³-hybridized carbons (Fsp3) is 0.238. The zero-order valence-corrected chi connectivity index (χ0v) is 14.3. The fourth-order valence-electron chi connectivity index (χ4n) is 3.46. The predicted molar refractivity (Wildman–Crippen MR) is 96.4 cm³/mol. The molecule has 0 amide bonds. The van der Waals surface area contributed by atoms with Gasteiger partial charge in [-0.05, 0) is 31.0 Å². The molecular weight excluding hydrogens is 332 g/mol. The molecule has 132 valence electrons. The topological polar surface area (TPSA) is 65.7 Å². The molecule has 0 saturated heterocycles. The van der Waals surface area contributed by atoms with Crippen LogP contribution in [-0.2, 0) is 16.0 Å². The molecule has 5 heteroatoms. The third kappa shape index (κ3) is 2.75. The van der Waals surface area contributed by atoms with Gasteiger partial charge in [-0.3, -0.25) is 0 Å². The number of esters is 1. The van der Waals surface area contributed by atoms with E-state index in [1.165, 1.54) is 0 Å². The van der Waals surface area contributed by atoms with Gasteiger partial charge in [0.1, 0.15) is 11.3 Å². The maximum Gasteiger partial charge on any atom is 0.347 e. The maximum absolute atomic E-state index is 12.7. The van der Waals surface area contributed by atoms with Crippen LogP contribution in [0, 0.1) is 0 Å². The summed E-state index contributed by atoms with van der Waals surface area (Å²) in [7, 11) is 0. The Morgan fingerprint density at radius 2 is 1.81 bits per heavy atom. The van der Waals surface area contributed by atoms with Crippen molar-refractivity contribution in [1.29, 1.82) is 0 Å². The zero-order valence-electron chi connectivity index (χ0n) is 14.3. The average molecular weight is 350 g/mol. The summed E-state index contributed by atoms with van der Waals surface area (Å²) in [5.41, 5.74) is 1.40. The van der Waals surface area contributed by atoms with E-state index in [-0.39, 0.29) is 6.61 Å². The number of ether oxygens (including phenoxy) is 2. The molecule has 1 aromatic heterocycles. The van der Waals surface area contributed by atoms with Gasteiger partial charge >= 0.3 is 11.6 Å². The van der Waals surface area contributed by atoms with Gasteiger partial charge in [-0.1, -0.05) is 42.5 Å². The number of hydrogen-bond acceptors (Lipinski definition) is 5. The van der Waals surface area contributed by atoms with Crippen molar-refractivity contribution < 1.29 is 18.7 Å². The highest BCUT2D eigenvalue weighted by molar-refractivity contribution is 5.88. The molecule has 3 aromatic rings. The summed E-state index contributed by atoms with van der Waals surface area (Å²) in [5.74, 6) is -0.490.